The average Bonchev–Trinajstić information content (AvgIpc) is 2.59. The van der Waals surface area contributed by atoms with Crippen LogP contribution < -0.4 is 4.72 Å². The number of aliphatic hydroxyl groups is 1. The highest BCUT2D eigenvalue weighted by Gasteiger charge is 2.24. The van der Waals surface area contributed by atoms with Gasteiger partial charge in [0.2, 0.25) is 10.0 Å². The Morgan fingerprint density at radius 1 is 1.00 bits per heavy atom. The summed E-state index contributed by atoms with van der Waals surface area (Å²) < 4.78 is 27.8. The van der Waals surface area contributed by atoms with E-state index in [1.165, 1.54) is 0 Å². The summed E-state index contributed by atoms with van der Waals surface area (Å²) >= 11 is 0. The molecular weight excluding hydrogens is 322 g/mol. The van der Waals surface area contributed by atoms with Crippen molar-refractivity contribution in [3.05, 3.63) is 65.9 Å². The van der Waals surface area contributed by atoms with Crippen molar-refractivity contribution in [2.75, 3.05) is 0 Å². The first-order valence-electron chi connectivity index (χ1n) is 8.01. The number of allylic oxidation sites excluding steroid dienone is 1. The molecule has 2 aromatic rings. The van der Waals surface area contributed by atoms with Crippen LogP contribution in [-0.4, -0.2) is 19.6 Å². The summed E-state index contributed by atoms with van der Waals surface area (Å²) in [5, 5.41) is 9.65. The van der Waals surface area contributed by atoms with Crippen molar-refractivity contribution in [1.82, 2.24) is 4.72 Å². The maximum atomic E-state index is 12.5. The van der Waals surface area contributed by atoms with E-state index in [0.29, 0.717) is 25.0 Å². The zero-order valence-corrected chi connectivity index (χ0v) is 14.4. The lowest BCUT2D eigenvalue weighted by Crippen LogP contribution is -2.36. The molecule has 126 valence electrons. The summed E-state index contributed by atoms with van der Waals surface area (Å²) in [5.74, 6) is 0.387. The van der Waals surface area contributed by atoms with E-state index in [1.54, 1.807) is 12.1 Å². The van der Waals surface area contributed by atoms with E-state index in [0.717, 1.165) is 16.7 Å². The van der Waals surface area contributed by atoms with E-state index in [-0.39, 0.29) is 10.9 Å². The molecule has 0 radical (unpaired) electrons. The van der Waals surface area contributed by atoms with Crippen molar-refractivity contribution in [2.45, 2.75) is 37.1 Å². The highest BCUT2D eigenvalue weighted by molar-refractivity contribution is 7.89. The van der Waals surface area contributed by atoms with Gasteiger partial charge in [0.25, 0.3) is 0 Å². The van der Waals surface area contributed by atoms with Crippen LogP contribution in [0.4, 0.5) is 0 Å². The van der Waals surface area contributed by atoms with Crippen LogP contribution >= 0.6 is 0 Å². The fourth-order valence-electron chi connectivity index (χ4n) is 2.96. The van der Waals surface area contributed by atoms with E-state index in [9.17, 15) is 13.5 Å². The monoisotopic (exact) mass is 343 g/mol. The molecular formula is C19H21NO3S. The first-order valence-corrected chi connectivity index (χ1v) is 9.49. The summed E-state index contributed by atoms with van der Waals surface area (Å²) in [5.41, 5.74) is 2.89. The van der Waals surface area contributed by atoms with Gasteiger partial charge in [0.15, 0.2) is 0 Å². The lowest BCUT2D eigenvalue weighted by Gasteiger charge is -2.24. The number of rotatable bonds is 4. The highest BCUT2D eigenvalue weighted by Crippen LogP contribution is 2.25. The normalized spacial score (nSPS) is 18.6. The molecule has 0 spiro atoms. The molecule has 2 aromatic carbocycles. The number of hydrogen-bond acceptors (Lipinski definition) is 3. The van der Waals surface area contributed by atoms with Gasteiger partial charge in [-0.1, -0.05) is 42.5 Å². The third kappa shape index (κ3) is 3.68. The quantitative estimate of drug-likeness (QED) is 0.881. The molecule has 0 aromatic heterocycles. The molecule has 1 aliphatic rings. The lowest BCUT2D eigenvalue weighted by atomic mass is 9.95. The van der Waals surface area contributed by atoms with Crippen LogP contribution in [0.2, 0.25) is 0 Å². The van der Waals surface area contributed by atoms with Crippen LogP contribution in [0.15, 0.2) is 70.8 Å². The maximum absolute atomic E-state index is 12.5. The van der Waals surface area contributed by atoms with E-state index in [2.05, 4.69) is 4.72 Å². The fraction of sp³-hybridized carbons (Fsp3) is 0.263. The van der Waals surface area contributed by atoms with E-state index < -0.39 is 10.0 Å². The van der Waals surface area contributed by atoms with Gasteiger partial charge in [-0.3, -0.25) is 0 Å². The Hall–Kier alpha value is -2.11. The Balaban J connectivity index is 1.76. The summed E-state index contributed by atoms with van der Waals surface area (Å²) in [6, 6.07) is 16.6. The van der Waals surface area contributed by atoms with Crippen LogP contribution in [0.3, 0.4) is 0 Å². The zero-order valence-electron chi connectivity index (χ0n) is 13.6. The van der Waals surface area contributed by atoms with Crippen molar-refractivity contribution in [3.63, 3.8) is 0 Å². The molecule has 1 aliphatic carbocycles. The predicted molar refractivity (Wildman–Crippen MR) is 95.2 cm³/mol. The number of nitrogens with one attached hydrogen (secondary N) is 1. The van der Waals surface area contributed by atoms with E-state index >= 15 is 0 Å². The van der Waals surface area contributed by atoms with Crippen molar-refractivity contribution in [1.29, 1.82) is 0 Å². The van der Waals surface area contributed by atoms with Gasteiger partial charge in [-0.25, -0.2) is 13.1 Å². The van der Waals surface area contributed by atoms with Crippen LogP contribution in [0, 0.1) is 0 Å². The molecule has 4 nitrogen and oxygen atoms in total. The molecule has 5 heteroatoms. The number of sulfonamides is 1. The van der Waals surface area contributed by atoms with Crippen LogP contribution in [0.5, 0.6) is 0 Å². The topological polar surface area (TPSA) is 66.4 Å². The van der Waals surface area contributed by atoms with Crippen LogP contribution in [0.1, 0.15) is 26.2 Å². The zero-order chi connectivity index (χ0) is 17.2. The minimum Gasteiger partial charge on any atom is -0.512 e. The van der Waals surface area contributed by atoms with Gasteiger partial charge in [0, 0.05) is 12.5 Å². The smallest absolute Gasteiger partial charge is 0.240 e. The van der Waals surface area contributed by atoms with Gasteiger partial charge in [-0.05, 0) is 48.6 Å². The van der Waals surface area contributed by atoms with Crippen molar-refractivity contribution >= 4 is 10.0 Å². The van der Waals surface area contributed by atoms with Gasteiger partial charge < -0.3 is 5.11 Å². The minimum atomic E-state index is -3.55. The molecule has 0 bridgehead atoms. The third-order valence-electron chi connectivity index (χ3n) is 4.37. The van der Waals surface area contributed by atoms with Crippen molar-refractivity contribution in [2.24, 2.45) is 0 Å². The standard InChI is InChI=1S/C19H21NO3S/c1-14-13-17(9-12-19(14)21)20-24(22,23)18-10-7-16(8-11-18)15-5-3-2-4-6-15/h2-8,10-11,17,20-21H,9,12-13H2,1H3. The average molecular weight is 343 g/mol. The Labute approximate surface area is 142 Å². The first kappa shape index (κ1) is 16.7. The Bertz CT molecular complexity index is 840. The molecule has 24 heavy (non-hydrogen) atoms. The molecule has 2 N–H and O–H groups in total. The summed E-state index contributed by atoms with van der Waals surface area (Å²) in [7, 11) is -3.55. The third-order valence-corrected chi connectivity index (χ3v) is 5.90. The maximum Gasteiger partial charge on any atom is 0.240 e. The molecule has 0 saturated carbocycles. The molecule has 0 saturated heterocycles. The van der Waals surface area contributed by atoms with Gasteiger partial charge in [-0.2, -0.15) is 0 Å². The molecule has 0 heterocycles. The van der Waals surface area contributed by atoms with Crippen molar-refractivity contribution < 1.29 is 13.5 Å². The summed E-state index contributed by atoms with van der Waals surface area (Å²) in [6.07, 6.45) is 1.68. The second kappa shape index (κ2) is 6.79. The second-order valence-electron chi connectivity index (χ2n) is 6.18. The predicted octanol–water partition coefficient (Wildman–Crippen LogP) is 4.02. The van der Waals surface area contributed by atoms with Gasteiger partial charge >= 0.3 is 0 Å². The number of benzene rings is 2. The van der Waals surface area contributed by atoms with Crippen LogP contribution in [-0.2, 0) is 10.0 Å². The highest BCUT2D eigenvalue weighted by atomic mass is 32.2. The molecule has 1 unspecified atom stereocenters. The van der Waals surface area contributed by atoms with Crippen molar-refractivity contribution in [3.8, 4) is 11.1 Å². The number of aliphatic hydroxyl groups excluding tert-OH is 1. The second-order valence-corrected chi connectivity index (χ2v) is 7.89. The largest absolute Gasteiger partial charge is 0.512 e. The summed E-state index contributed by atoms with van der Waals surface area (Å²) in [6.45, 7) is 1.84. The number of hydrogen-bond donors (Lipinski definition) is 2. The first-order chi connectivity index (χ1) is 11.5. The Morgan fingerprint density at radius 2 is 1.62 bits per heavy atom. The van der Waals surface area contributed by atoms with Gasteiger partial charge in [0.05, 0.1) is 10.7 Å². The SMILES string of the molecule is CC1=C(O)CCC(NS(=O)(=O)c2ccc(-c3ccccc3)cc2)C1. The van der Waals surface area contributed by atoms with E-state index in [4.69, 9.17) is 0 Å². The lowest BCUT2D eigenvalue weighted by molar-refractivity contribution is 0.342. The molecule has 3 rings (SSSR count). The molecule has 1 atom stereocenters. The van der Waals surface area contributed by atoms with Gasteiger partial charge in [0.1, 0.15) is 0 Å². The minimum absolute atomic E-state index is 0.167. The molecule has 0 aliphatic heterocycles. The Morgan fingerprint density at radius 3 is 2.25 bits per heavy atom. The van der Waals surface area contributed by atoms with E-state index in [1.807, 2.05) is 49.4 Å². The summed E-state index contributed by atoms with van der Waals surface area (Å²) in [4.78, 5) is 0.263. The fourth-order valence-corrected chi connectivity index (χ4v) is 4.23. The molecule has 0 fully saturated rings. The van der Waals surface area contributed by atoms with Crippen LogP contribution in [0.25, 0.3) is 11.1 Å². The Kier molecular flexibility index (Phi) is 4.73. The molecule has 0 amide bonds. The van der Waals surface area contributed by atoms with Gasteiger partial charge in [-0.15, -0.1) is 0 Å².